The Hall–Kier alpha value is -0.710. The van der Waals surface area contributed by atoms with Crippen LogP contribution in [0.15, 0.2) is 0 Å². The van der Waals surface area contributed by atoms with E-state index in [-0.39, 0.29) is 17.3 Å². The van der Waals surface area contributed by atoms with Crippen molar-refractivity contribution in [1.82, 2.24) is 4.90 Å². The molecule has 0 radical (unpaired) electrons. The lowest BCUT2D eigenvalue weighted by Crippen LogP contribution is -2.40. The highest BCUT2D eigenvalue weighted by Crippen LogP contribution is 2.13. The second-order valence-corrected chi connectivity index (χ2v) is 3.72. The molecule has 1 rings (SSSR count). The molecule has 1 amide bonds. The minimum atomic E-state index is -0.756. The van der Waals surface area contributed by atoms with Crippen LogP contribution in [0.25, 0.3) is 0 Å². The van der Waals surface area contributed by atoms with Crippen LogP contribution in [0.5, 0.6) is 0 Å². The van der Waals surface area contributed by atoms with Crippen molar-refractivity contribution in [3.63, 3.8) is 0 Å². The van der Waals surface area contributed by atoms with Crippen LogP contribution in [-0.2, 0) is 4.79 Å². The number of hydrogen-bond acceptors (Lipinski definition) is 2. The molecule has 0 aromatic rings. The minimum Gasteiger partial charge on any atom is -0.393 e. The maximum Gasteiger partial charge on any atom is 0.229 e. The van der Waals surface area contributed by atoms with Crippen LogP contribution >= 0.6 is 12.2 Å². The molecule has 3 nitrogen and oxygen atoms in total. The third-order valence-corrected chi connectivity index (χ3v) is 2.25. The van der Waals surface area contributed by atoms with Crippen LogP contribution in [-0.4, -0.2) is 35.1 Å². The average Bonchev–Trinajstić information content (AvgIpc) is 2.04. The van der Waals surface area contributed by atoms with Crippen molar-refractivity contribution in [1.29, 1.82) is 0 Å². The lowest BCUT2D eigenvalue weighted by molar-refractivity contribution is -0.131. The molecule has 1 aliphatic heterocycles. The summed E-state index contributed by atoms with van der Waals surface area (Å²) in [5.41, 5.74) is 5.24. The maximum absolute atomic E-state index is 12.7. The number of rotatable bonds is 2. The van der Waals surface area contributed by atoms with E-state index < -0.39 is 6.17 Å². The van der Waals surface area contributed by atoms with Crippen LogP contribution in [0, 0.1) is 0 Å². The Labute approximate surface area is 82.1 Å². The van der Waals surface area contributed by atoms with Crippen molar-refractivity contribution in [2.45, 2.75) is 25.4 Å². The van der Waals surface area contributed by atoms with E-state index in [2.05, 4.69) is 12.2 Å². The summed E-state index contributed by atoms with van der Waals surface area (Å²) in [6.07, 6.45) is 0.215. The monoisotopic (exact) mass is 204 g/mol. The predicted octanol–water partition coefficient (Wildman–Crippen LogP) is 0.623. The number of nitrogens with zero attached hydrogens (tertiary/aromatic N) is 1. The number of carbonyl (C=O) groups excluding carboxylic acids is 1. The molecule has 0 saturated carbocycles. The normalized spacial score (nSPS) is 18.7. The standard InChI is InChI=1S/C8H13FN2OS/c9-6-1-3-11(4-2-6)8(12)5-7(10)13/h6H,1-5H2,(H2,10,13). The first-order valence-electron chi connectivity index (χ1n) is 4.29. The quantitative estimate of drug-likeness (QED) is 0.671. The molecule has 5 heteroatoms. The molecule has 1 saturated heterocycles. The molecule has 0 spiro atoms. The van der Waals surface area contributed by atoms with Crippen LogP contribution in [0.3, 0.4) is 0 Å². The van der Waals surface area contributed by atoms with Gasteiger partial charge in [-0.05, 0) is 12.8 Å². The van der Waals surface area contributed by atoms with Crippen molar-refractivity contribution < 1.29 is 9.18 Å². The van der Waals surface area contributed by atoms with E-state index in [1.54, 1.807) is 4.90 Å². The van der Waals surface area contributed by atoms with Crippen molar-refractivity contribution >= 4 is 23.1 Å². The van der Waals surface area contributed by atoms with E-state index in [4.69, 9.17) is 5.73 Å². The molecule has 0 bridgehead atoms. The summed E-state index contributed by atoms with van der Waals surface area (Å²) in [5, 5.41) is 0. The Morgan fingerprint density at radius 1 is 1.54 bits per heavy atom. The Balaban J connectivity index is 2.36. The SMILES string of the molecule is NC(=S)CC(=O)N1CCC(F)CC1. The summed E-state index contributed by atoms with van der Waals surface area (Å²) in [6, 6.07) is 0. The van der Waals surface area contributed by atoms with Gasteiger partial charge in [-0.25, -0.2) is 4.39 Å². The number of thiocarbonyl (C=S) groups is 1. The number of halogens is 1. The van der Waals surface area contributed by atoms with Gasteiger partial charge in [0.05, 0.1) is 11.4 Å². The number of amides is 1. The lowest BCUT2D eigenvalue weighted by atomic mass is 10.1. The van der Waals surface area contributed by atoms with Gasteiger partial charge in [0.2, 0.25) is 5.91 Å². The highest BCUT2D eigenvalue weighted by Gasteiger charge is 2.22. The molecule has 1 fully saturated rings. The lowest BCUT2D eigenvalue weighted by Gasteiger charge is -2.28. The molecule has 0 aliphatic carbocycles. The second-order valence-electron chi connectivity index (χ2n) is 3.20. The number of piperidine rings is 1. The molecule has 0 unspecified atom stereocenters. The van der Waals surface area contributed by atoms with Crippen LogP contribution in [0.2, 0.25) is 0 Å². The summed E-state index contributed by atoms with van der Waals surface area (Å²) in [5.74, 6) is -0.0839. The molecule has 0 atom stereocenters. The summed E-state index contributed by atoms with van der Waals surface area (Å²) >= 11 is 4.62. The van der Waals surface area contributed by atoms with E-state index >= 15 is 0 Å². The van der Waals surface area contributed by atoms with E-state index in [1.165, 1.54) is 0 Å². The largest absolute Gasteiger partial charge is 0.393 e. The summed E-state index contributed by atoms with van der Waals surface area (Å²) in [4.78, 5) is 13.2. The topological polar surface area (TPSA) is 46.3 Å². The van der Waals surface area contributed by atoms with Gasteiger partial charge in [-0.3, -0.25) is 4.79 Å². The van der Waals surface area contributed by atoms with Gasteiger partial charge in [-0.1, -0.05) is 12.2 Å². The fraction of sp³-hybridized carbons (Fsp3) is 0.750. The first kappa shape index (κ1) is 10.4. The number of nitrogens with two attached hydrogens (primary N) is 1. The Kier molecular flexibility index (Phi) is 3.59. The second kappa shape index (κ2) is 4.50. The smallest absolute Gasteiger partial charge is 0.229 e. The Bertz CT molecular complexity index is 214. The Morgan fingerprint density at radius 3 is 2.54 bits per heavy atom. The fourth-order valence-electron chi connectivity index (χ4n) is 1.36. The van der Waals surface area contributed by atoms with Gasteiger partial charge in [0.15, 0.2) is 0 Å². The molecule has 0 aromatic heterocycles. The van der Waals surface area contributed by atoms with E-state index in [1.807, 2.05) is 0 Å². The molecule has 13 heavy (non-hydrogen) atoms. The van der Waals surface area contributed by atoms with Gasteiger partial charge in [-0.15, -0.1) is 0 Å². The van der Waals surface area contributed by atoms with Crippen molar-refractivity contribution in [2.24, 2.45) is 5.73 Å². The van der Waals surface area contributed by atoms with Gasteiger partial charge in [-0.2, -0.15) is 0 Å². The molecular weight excluding hydrogens is 191 g/mol. The zero-order valence-electron chi connectivity index (χ0n) is 7.33. The molecule has 2 N–H and O–H groups in total. The minimum absolute atomic E-state index is 0.0839. The molecule has 0 aromatic carbocycles. The highest BCUT2D eigenvalue weighted by molar-refractivity contribution is 7.80. The molecule has 1 heterocycles. The number of hydrogen-bond donors (Lipinski definition) is 1. The van der Waals surface area contributed by atoms with Crippen molar-refractivity contribution in [2.75, 3.05) is 13.1 Å². The van der Waals surface area contributed by atoms with Gasteiger partial charge in [0.25, 0.3) is 0 Å². The average molecular weight is 204 g/mol. The van der Waals surface area contributed by atoms with Crippen molar-refractivity contribution in [3.8, 4) is 0 Å². The maximum atomic E-state index is 12.7. The van der Waals surface area contributed by atoms with Crippen molar-refractivity contribution in [3.05, 3.63) is 0 Å². The van der Waals surface area contributed by atoms with Crippen LogP contribution in [0.1, 0.15) is 19.3 Å². The zero-order valence-corrected chi connectivity index (χ0v) is 8.15. The number of likely N-dealkylation sites (tertiary alicyclic amines) is 1. The zero-order chi connectivity index (χ0) is 9.84. The van der Waals surface area contributed by atoms with Gasteiger partial charge < -0.3 is 10.6 Å². The predicted molar refractivity (Wildman–Crippen MR) is 52.1 cm³/mol. The molecule has 74 valence electrons. The fourth-order valence-corrected chi connectivity index (χ4v) is 1.48. The van der Waals surface area contributed by atoms with Crippen LogP contribution < -0.4 is 5.73 Å². The van der Waals surface area contributed by atoms with E-state index in [0.717, 1.165) is 0 Å². The van der Waals surface area contributed by atoms with E-state index in [9.17, 15) is 9.18 Å². The van der Waals surface area contributed by atoms with E-state index in [0.29, 0.717) is 25.9 Å². The number of alkyl halides is 1. The summed E-state index contributed by atoms with van der Waals surface area (Å²) in [7, 11) is 0. The summed E-state index contributed by atoms with van der Waals surface area (Å²) < 4.78 is 12.7. The molecular formula is C8H13FN2OS. The third-order valence-electron chi connectivity index (χ3n) is 2.10. The Morgan fingerprint density at radius 2 is 2.08 bits per heavy atom. The van der Waals surface area contributed by atoms with Crippen LogP contribution in [0.4, 0.5) is 4.39 Å². The highest BCUT2D eigenvalue weighted by atomic mass is 32.1. The van der Waals surface area contributed by atoms with Gasteiger partial charge >= 0.3 is 0 Å². The molecule has 1 aliphatic rings. The third kappa shape index (κ3) is 3.26. The first-order valence-corrected chi connectivity index (χ1v) is 4.70. The number of carbonyl (C=O) groups is 1. The van der Waals surface area contributed by atoms with Gasteiger partial charge in [0.1, 0.15) is 6.17 Å². The first-order chi connectivity index (χ1) is 6.09. The van der Waals surface area contributed by atoms with Gasteiger partial charge in [0, 0.05) is 13.1 Å². The summed E-state index contributed by atoms with van der Waals surface area (Å²) in [6.45, 7) is 0.977.